The topological polar surface area (TPSA) is 58.6 Å². The highest BCUT2D eigenvalue weighted by molar-refractivity contribution is 5.98. The molecule has 0 aliphatic carbocycles. The van der Waals surface area contributed by atoms with Crippen LogP contribution in [0.3, 0.4) is 0 Å². The van der Waals surface area contributed by atoms with Crippen molar-refractivity contribution in [3.05, 3.63) is 59.7 Å². The van der Waals surface area contributed by atoms with E-state index in [2.05, 4.69) is 5.32 Å². The number of rotatable bonds is 5. The second kappa shape index (κ2) is 7.64. The number of hydrogen-bond donors (Lipinski definition) is 1. The van der Waals surface area contributed by atoms with Gasteiger partial charge in [0.15, 0.2) is 6.10 Å². The van der Waals surface area contributed by atoms with E-state index in [1.807, 2.05) is 31.2 Å². The zero-order valence-electron chi connectivity index (χ0n) is 14.4. The lowest BCUT2D eigenvalue weighted by molar-refractivity contribution is -0.122. The average molecular weight is 326 g/mol. The van der Waals surface area contributed by atoms with Crippen LogP contribution in [0.4, 0.5) is 5.69 Å². The van der Waals surface area contributed by atoms with Gasteiger partial charge in [0.05, 0.1) is 0 Å². The Morgan fingerprint density at radius 1 is 1.08 bits per heavy atom. The van der Waals surface area contributed by atoms with Crippen LogP contribution in [0.1, 0.15) is 22.8 Å². The number of nitrogens with one attached hydrogen (secondary N) is 1. The van der Waals surface area contributed by atoms with Crippen molar-refractivity contribution in [3.8, 4) is 5.75 Å². The van der Waals surface area contributed by atoms with Gasteiger partial charge in [-0.25, -0.2) is 0 Å². The molecule has 1 N–H and O–H groups in total. The van der Waals surface area contributed by atoms with Crippen molar-refractivity contribution >= 4 is 17.5 Å². The lowest BCUT2D eigenvalue weighted by atomic mass is 10.1. The SMILES string of the molecule is Cc1ccc(OC(C)C(=O)Nc2cccc(C(=O)N(C)C)c2)cc1. The number of benzene rings is 2. The lowest BCUT2D eigenvalue weighted by Crippen LogP contribution is -2.30. The van der Waals surface area contributed by atoms with Crippen molar-refractivity contribution in [3.63, 3.8) is 0 Å². The van der Waals surface area contributed by atoms with Crippen LogP contribution in [0.15, 0.2) is 48.5 Å². The number of amides is 2. The highest BCUT2D eigenvalue weighted by Gasteiger charge is 2.16. The fourth-order valence-corrected chi connectivity index (χ4v) is 2.11. The monoisotopic (exact) mass is 326 g/mol. The number of carbonyl (C=O) groups excluding carboxylic acids is 2. The molecule has 2 aromatic rings. The third-order valence-corrected chi connectivity index (χ3v) is 3.49. The second-order valence-corrected chi connectivity index (χ2v) is 5.84. The van der Waals surface area contributed by atoms with E-state index in [-0.39, 0.29) is 11.8 Å². The highest BCUT2D eigenvalue weighted by atomic mass is 16.5. The molecule has 0 saturated carbocycles. The smallest absolute Gasteiger partial charge is 0.265 e. The Bertz CT molecular complexity index is 724. The Labute approximate surface area is 142 Å². The van der Waals surface area contributed by atoms with Gasteiger partial charge in [-0.2, -0.15) is 0 Å². The minimum absolute atomic E-state index is 0.116. The van der Waals surface area contributed by atoms with E-state index < -0.39 is 6.10 Å². The third kappa shape index (κ3) is 4.59. The summed E-state index contributed by atoms with van der Waals surface area (Å²) in [4.78, 5) is 25.7. The molecule has 2 amide bonds. The van der Waals surface area contributed by atoms with Crippen LogP contribution in [0.5, 0.6) is 5.75 Å². The Kier molecular flexibility index (Phi) is 5.58. The van der Waals surface area contributed by atoms with Crippen LogP contribution in [0.2, 0.25) is 0 Å². The summed E-state index contributed by atoms with van der Waals surface area (Å²) < 4.78 is 5.63. The van der Waals surface area contributed by atoms with Crippen molar-refractivity contribution in [2.24, 2.45) is 0 Å². The molecule has 5 heteroatoms. The van der Waals surface area contributed by atoms with Gasteiger partial charge in [-0.15, -0.1) is 0 Å². The Balaban J connectivity index is 2.02. The number of nitrogens with zero attached hydrogens (tertiary/aromatic N) is 1. The maximum Gasteiger partial charge on any atom is 0.265 e. The average Bonchev–Trinajstić information content (AvgIpc) is 2.56. The molecule has 0 bridgehead atoms. The van der Waals surface area contributed by atoms with E-state index in [4.69, 9.17) is 4.74 Å². The predicted molar refractivity (Wildman–Crippen MR) is 94.4 cm³/mol. The molecule has 5 nitrogen and oxygen atoms in total. The molecule has 2 aromatic carbocycles. The zero-order chi connectivity index (χ0) is 17.7. The highest BCUT2D eigenvalue weighted by Crippen LogP contribution is 2.16. The summed E-state index contributed by atoms with van der Waals surface area (Å²) in [5, 5.41) is 2.77. The molecule has 0 aromatic heterocycles. The number of ether oxygens (including phenoxy) is 1. The summed E-state index contributed by atoms with van der Waals surface area (Å²) in [5.41, 5.74) is 2.21. The molecule has 1 atom stereocenters. The van der Waals surface area contributed by atoms with Gasteiger partial charge < -0.3 is 15.0 Å². The van der Waals surface area contributed by atoms with Gasteiger partial charge in [0.1, 0.15) is 5.75 Å². The quantitative estimate of drug-likeness (QED) is 0.918. The van der Waals surface area contributed by atoms with E-state index in [0.717, 1.165) is 5.56 Å². The second-order valence-electron chi connectivity index (χ2n) is 5.84. The number of aryl methyl sites for hydroxylation is 1. The van der Waals surface area contributed by atoms with Gasteiger partial charge >= 0.3 is 0 Å². The van der Waals surface area contributed by atoms with Crippen molar-refractivity contribution in [1.29, 1.82) is 0 Å². The van der Waals surface area contributed by atoms with Crippen LogP contribution < -0.4 is 10.1 Å². The fraction of sp³-hybridized carbons (Fsp3) is 0.263. The summed E-state index contributed by atoms with van der Waals surface area (Å²) in [5.74, 6) is 0.250. The lowest BCUT2D eigenvalue weighted by Gasteiger charge is -2.16. The molecule has 24 heavy (non-hydrogen) atoms. The third-order valence-electron chi connectivity index (χ3n) is 3.49. The standard InChI is InChI=1S/C19H22N2O3/c1-13-8-10-17(11-9-13)24-14(2)18(22)20-16-7-5-6-15(12-16)19(23)21(3)4/h5-12,14H,1-4H3,(H,20,22). The minimum atomic E-state index is -0.652. The number of hydrogen-bond acceptors (Lipinski definition) is 3. The Morgan fingerprint density at radius 2 is 1.75 bits per heavy atom. The van der Waals surface area contributed by atoms with Crippen LogP contribution in [0, 0.1) is 6.92 Å². The first-order chi connectivity index (χ1) is 11.4. The summed E-state index contributed by atoms with van der Waals surface area (Å²) in [7, 11) is 3.37. The van der Waals surface area contributed by atoms with Gasteiger partial charge in [-0.05, 0) is 44.2 Å². The normalized spacial score (nSPS) is 11.5. The van der Waals surface area contributed by atoms with Crippen LogP contribution in [0.25, 0.3) is 0 Å². The van der Waals surface area contributed by atoms with Gasteiger partial charge in [0.25, 0.3) is 11.8 Å². The minimum Gasteiger partial charge on any atom is -0.481 e. The van der Waals surface area contributed by atoms with Crippen molar-refractivity contribution in [1.82, 2.24) is 4.90 Å². The predicted octanol–water partition coefficient (Wildman–Crippen LogP) is 3.10. The first-order valence-corrected chi connectivity index (χ1v) is 7.72. The molecular weight excluding hydrogens is 304 g/mol. The molecule has 0 radical (unpaired) electrons. The number of carbonyl (C=O) groups is 2. The largest absolute Gasteiger partial charge is 0.481 e. The van der Waals surface area contributed by atoms with E-state index in [1.54, 1.807) is 45.3 Å². The Hall–Kier alpha value is -2.82. The van der Waals surface area contributed by atoms with Crippen LogP contribution in [-0.4, -0.2) is 36.9 Å². The van der Waals surface area contributed by atoms with E-state index >= 15 is 0 Å². The number of anilines is 1. The molecule has 2 rings (SSSR count). The molecule has 0 saturated heterocycles. The van der Waals surface area contributed by atoms with E-state index in [1.165, 1.54) is 4.90 Å². The molecular formula is C19H22N2O3. The Morgan fingerprint density at radius 3 is 2.38 bits per heavy atom. The first kappa shape index (κ1) is 17.5. The first-order valence-electron chi connectivity index (χ1n) is 7.72. The molecule has 0 spiro atoms. The van der Waals surface area contributed by atoms with Crippen LogP contribution in [-0.2, 0) is 4.79 Å². The molecule has 0 aliphatic rings. The van der Waals surface area contributed by atoms with Crippen molar-refractivity contribution in [2.75, 3.05) is 19.4 Å². The van der Waals surface area contributed by atoms with Gasteiger partial charge in [0.2, 0.25) is 0 Å². The maximum atomic E-state index is 12.3. The van der Waals surface area contributed by atoms with Gasteiger partial charge in [-0.3, -0.25) is 9.59 Å². The molecule has 1 unspecified atom stereocenters. The molecule has 0 heterocycles. The molecule has 0 aliphatic heterocycles. The fourth-order valence-electron chi connectivity index (χ4n) is 2.11. The van der Waals surface area contributed by atoms with Gasteiger partial charge in [-0.1, -0.05) is 23.8 Å². The molecule has 0 fully saturated rings. The molecule has 126 valence electrons. The van der Waals surface area contributed by atoms with Crippen LogP contribution >= 0.6 is 0 Å². The maximum absolute atomic E-state index is 12.3. The summed E-state index contributed by atoms with van der Waals surface area (Å²) >= 11 is 0. The van der Waals surface area contributed by atoms with Crippen molar-refractivity contribution in [2.45, 2.75) is 20.0 Å². The summed E-state index contributed by atoms with van der Waals surface area (Å²) in [6.07, 6.45) is -0.652. The van der Waals surface area contributed by atoms with E-state index in [9.17, 15) is 9.59 Å². The summed E-state index contributed by atoms with van der Waals surface area (Å²) in [6, 6.07) is 14.3. The summed E-state index contributed by atoms with van der Waals surface area (Å²) in [6.45, 7) is 3.67. The van der Waals surface area contributed by atoms with Crippen molar-refractivity contribution < 1.29 is 14.3 Å². The van der Waals surface area contributed by atoms with E-state index in [0.29, 0.717) is 17.0 Å². The zero-order valence-corrected chi connectivity index (χ0v) is 14.4. The van der Waals surface area contributed by atoms with Gasteiger partial charge in [0, 0.05) is 25.3 Å².